The Bertz CT molecular complexity index is 295. The summed E-state index contributed by atoms with van der Waals surface area (Å²) < 4.78 is 9.68. The van der Waals surface area contributed by atoms with Gasteiger partial charge in [-0.2, -0.15) is 0 Å². The van der Waals surface area contributed by atoms with E-state index in [2.05, 4.69) is 0 Å². The van der Waals surface area contributed by atoms with E-state index < -0.39 is 0 Å². The average Bonchev–Trinajstić information content (AvgIpc) is 2.47. The molecule has 0 aromatic rings. The molecule has 0 amide bonds. The molecule has 128 valence electrons. The zero-order chi connectivity index (χ0) is 16.6. The second-order valence-corrected chi connectivity index (χ2v) is 5.27. The van der Waals surface area contributed by atoms with E-state index in [-0.39, 0.29) is 17.7 Å². The van der Waals surface area contributed by atoms with Crippen molar-refractivity contribution >= 4 is 17.7 Å². The minimum atomic E-state index is -0.157. The highest BCUT2D eigenvalue weighted by Gasteiger charge is 2.05. The number of esters is 2. The zero-order valence-electron chi connectivity index (χ0n) is 14.0. The summed E-state index contributed by atoms with van der Waals surface area (Å²) >= 11 is 0. The summed E-state index contributed by atoms with van der Waals surface area (Å²) in [5.41, 5.74) is 0. The SMILES string of the molecule is CCOC(=O)CCCCCC(=O)CCCCCC(=O)OCC. The summed E-state index contributed by atoms with van der Waals surface area (Å²) in [6.45, 7) is 4.44. The lowest BCUT2D eigenvalue weighted by molar-refractivity contribution is -0.144. The highest BCUT2D eigenvalue weighted by atomic mass is 16.5. The third-order valence-corrected chi connectivity index (χ3v) is 3.28. The Morgan fingerprint density at radius 3 is 1.32 bits per heavy atom. The maximum absolute atomic E-state index is 11.7. The fourth-order valence-electron chi connectivity index (χ4n) is 2.13. The summed E-state index contributed by atoms with van der Waals surface area (Å²) in [5.74, 6) is -0.0434. The van der Waals surface area contributed by atoms with Crippen LogP contribution in [-0.4, -0.2) is 30.9 Å². The predicted octanol–water partition coefficient (Wildman–Crippen LogP) is 3.58. The monoisotopic (exact) mass is 314 g/mol. The highest BCUT2D eigenvalue weighted by Crippen LogP contribution is 2.09. The Labute approximate surface area is 133 Å². The normalized spacial score (nSPS) is 10.3. The van der Waals surface area contributed by atoms with Gasteiger partial charge in [0.1, 0.15) is 5.78 Å². The van der Waals surface area contributed by atoms with Crippen LogP contribution in [0.1, 0.15) is 78.1 Å². The molecule has 0 fully saturated rings. The minimum absolute atomic E-state index is 0.157. The molecule has 0 saturated heterocycles. The first kappa shape index (κ1) is 20.6. The maximum Gasteiger partial charge on any atom is 0.305 e. The number of hydrogen-bond acceptors (Lipinski definition) is 5. The van der Waals surface area contributed by atoms with Crippen LogP contribution >= 0.6 is 0 Å². The van der Waals surface area contributed by atoms with Gasteiger partial charge in [0.2, 0.25) is 0 Å². The van der Waals surface area contributed by atoms with Gasteiger partial charge in [0.25, 0.3) is 0 Å². The Balaban J connectivity index is 3.36. The van der Waals surface area contributed by atoms with Gasteiger partial charge in [-0.15, -0.1) is 0 Å². The quantitative estimate of drug-likeness (QED) is 0.362. The lowest BCUT2D eigenvalue weighted by atomic mass is 10.0. The lowest BCUT2D eigenvalue weighted by Crippen LogP contribution is -2.04. The second kappa shape index (κ2) is 14.5. The van der Waals surface area contributed by atoms with Gasteiger partial charge in [-0.3, -0.25) is 14.4 Å². The van der Waals surface area contributed by atoms with Crippen LogP contribution in [0.25, 0.3) is 0 Å². The van der Waals surface area contributed by atoms with Crippen molar-refractivity contribution < 1.29 is 23.9 Å². The fourth-order valence-corrected chi connectivity index (χ4v) is 2.13. The fraction of sp³-hybridized carbons (Fsp3) is 0.824. The lowest BCUT2D eigenvalue weighted by Gasteiger charge is -2.03. The Kier molecular flexibility index (Phi) is 13.6. The summed E-state index contributed by atoms with van der Waals surface area (Å²) in [5, 5.41) is 0. The summed E-state index contributed by atoms with van der Waals surface area (Å²) in [6.07, 6.45) is 7.05. The van der Waals surface area contributed by atoms with Gasteiger partial charge >= 0.3 is 11.9 Å². The molecule has 0 saturated carbocycles. The van der Waals surface area contributed by atoms with Crippen molar-refractivity contribution in [3.05, 3.63) is 0 Å². The van der Waals surface area contributed by atoms with Crippen LogP contribution in [0.5, 0.6) is 0 Å². The molecular formula is C17H30O5. The van der Waals surface area contributed by atoms with Crippen LogP contribution < -0.4 is 0 Å². The molecular weight excluding hydrogens is 284 g/mol. The van der Waals surface area contributed by atoms with Gasteiger partial charge in [-0.05, 0) is 39.5 Å². The van der Waals surface area contributed by atoms with Crippen LogP contribution in [0.4, 0.5) is 0 Å². The van der Waals surface area contributed by atoms with Gasteiger partial charge in [-0.1, -0.05) is 12.8 Å². The topological polar surface area (TPSA) is 69.7 Å². The molecule has 0 N–H and O–H groups in total. The van der Waals surface area contributed by atoms with Gasteiger partial charge in [0.15, 0.2) is 0 Å². The molecule has 5 nitrogen and oxygen atoms in total. The van der Waals surface area contributed by atoms with Crippen molar-refractivity contribution in [3.8, 4) is 0 Å². The van der Waals surface area contributed by atoms with E-state index in [0.29, 0.717) is 38.9 Å². The minimum Gasteiger partial charge on any atom is -0.466 e. The molecule has 0 unspecified atom stereocenters. The number of hydrogen-bond donors (Lipinski definition) is 0. The van der Waals surface area contributed by atoms with E-state index in [1.54, 1.807) is 13.8 Å². The average molecular weight is 314 g/mol. The van der Waals surface area contributed by atoms with E-state index in [1.165, 1.54) is 0 Å². The van der Waals surface area contributed by atoms with Crippen molar-refractivity contribution in [1.82, 2.24) is 0 Å². The standard InChI is InChI=1S/C17H30O5/c1-3-21-16(19)13-9-5-7-11-15(18)12-8-6-10-14-17(20)22-4-2/h3-14H2,1-2H3. The largest absolute Gasteiger partial charge is 0.466 e. The number of unbranched alkanes of at least 4 members (excludes halogenated alkanes) is 4. The van der Waals surface area contributed by atoms with Crippen molar-refractivity contribution in [3.63, 3.8) is 0 Å². The van der Waals surface area contributed by atoms with Gasteiger partial charge < -0.3 is 9.47 Å². The van der Waals surface area contributed by atoms with Crippen LogP contribution in [-0.2, 0) is 23.9 Å². The molecule has 5 heteroatoms. The molecule has 0 rings (SSSR count). The van der Waals surface area contributed by atoms with E-state index in [0.717, 1.165) is 38.5 Å². The van der Waals surface area contributed by atoms with E-state index in [4.69, 9.17) is 9.47 Å². The van der Waals surface area contributed by atoms with E-state index >= 15 is 0 Å². The molecule has 22 heavy (non-hydrogen) atoms. The third kappa shape index (κ3) is 13.6. The second-order valence-electron chi connectivity index (χ2n) is 5.27. The first-order chi connectivity index (χ1) is 10.6. The summed E-state index contributed by atoms with van der Waals surface area (Å²) in [6, 6.07) is 0. The van der Waals surface area contributed by atoms with Gasteiger partial charge in [0.05, 0.1) is 13.2 Å². The van der Waals surface area contributed by atoms with Crippen LogP contribution in [0.2, 0.25) is 0 Å². The highest BCUT2D eigenvalue weighted by molar-refractivity contribution is 5.78. The molecule has 0 aromatic carbocycles. The summed E-state index contributed by atoms with van der Waals surface area (Å²) in [7, 11) is 0. The Hall–Kier alpha value is -1.39. The predicted molar refractivity (Wildman–Crippen MR) is 84.4 cm³/mol. The summed E-state index contributed by atoms with van der Waals surface area (Å²) in [4.78, 5) is 33.9. The smallest absolute Gasteiger partial charge is 0.305 e. The molecule has 0 atom stereocenters. The molecule has 0 heterocycles. The first-order valence-corrected chi connectivity index (χ1v) is 8.43. The van der Waals surface area contributed by atoms with E-state index in [9.17, 15) is 14.4 Å². The number of rotatable bonds is 14. The van der Waals surface area contributed by atoms with Crippen molar-refractivity contribution in [2.24, 2.45) is 0 Å². The number of carbonyl (C=O) groups is 3. The molecule has 0 aliphatic rings. The number of carbonyl (C=O) groups excluding carboxylic acids is 3. The number of ketones is 1. The molecule has 0 radical (unpaired) electrons. The molecule has 0 aliphatic carbocycles. The van der Waals surface area contributed by atoms with E-state index in [1.807, 2.05) is 0 Å². The van der Waals surface area contributed by atoms with Crippen LogP contribution in [0, 0.1) is 0 Å². The molecule has 0 aromatic heterocycles. The molecule has 0 aliphatic heterocycles. The number of Topliss-reactive ketones (excluding diaryl/α,β-unsaturated/α-hetero) is 1. The van der Waals surface area contributed by atoms with Gasteiger partial charge in [-0.25, -0.2) is 0 Å². The van der Waals surface area contributed by atoms with Crippen molar-refractivity contribution in [2.45, 2.75) is 78.1 Å². The maximum atomic E-state index is 11.7. The molecule has 0 bridgehead atoms. The van der Waals surface area contributed by atoms with Crippen molar-refractivity contribution in [1.29, 1.82) is 0 Å². The Morgan fingerprint density at radius 1 is 0.591 bits per heavy atom. The van der Waals surface area contributed by atoms with Crippen LogP contribution in [0.3, 0.4) is 0 Å². The molecule has 0 spiro atoms. The number of ether oxygens (including phenoxy) is 2. The third-order valence-electron chi connectivity index (χ3n) is 3.28. The van der Waals surface area contributed by atoms with Crippen LogP contribution in [0.15, 0.2) is 0 Å². The van der Waals surface area contributed by atoms with Gasteiger partial charge in [0, 0.05) is 25.7 Å². The Morgan fingerprint density at radius 2 is 0.955 bits per heavy atom. The first-order valence-electron chi connectivity index (χ1n) is 8.43. The van der Waals surface area contributed by atoms with Crippen molar-refractivity contribution in [2.75, 3.05) is 13.2 Å². The zero-order valence-corrected chi connectivity index (χ0v) is 14.0.